The van der Waals surface area contributed by atoms with Gasteiger partial charge in [0.2, 0.25) is 0 Å². The minimum atomic E-state index is -3.87. The minimum absolute atomic E-state index is 0.247. The Morgan fingerprint density at radius 3 is 2.45 bits per heavy atom. The van der Waals surface area contributed by atoms with Gasteiger partial charge in [-0.05, 0) is 55.2 Å². The van der Waals surface area contributed by atoms with E-state index in [1.165, 1.54) is 0 Å². The molecule has 1 fully saturated rings. The first kappa shape index (κ1) is 20.9. The van der Waals surface area contributed by atoms with Crippen molar-refractivity contribution in [2.24, 2.45) is 5.14 Å². The molecule has 0 radical (unpaired) electrons. The van der Waals surface area contributed by atoms with E-state index in [1.54, 1.807) is 48.8 Å². The fourth-order valence-corrected chi connectivity index (χ4v) is 4.54. The number of nitrogens with zero attached hydrogens (tertiary/aromatic N) is 4. The van der Waals surface area contributed by atoms with E-state index < -0.39 is 10.2 Å². The Bertz CT molecular complexity index is 1470. The van der Waals surface area contributed by atoms with Gasteiger partial charge in [0.1, 0.15) is 11.8 Å². The zero-order chi connectivity index (χ0) is 23.0. The van der Waals surface area contributed by atoms with Gasteiger partial charge in [0.05, 0.1) is 16.8 Å². The van der Waals surface area contributed by atoms with Crippen LogP contribution in [0.3, 0.4) is 0 Å². The van der Waals surface area contributed by atoms with Crippen LogP contribution in [0.15, 0.2) is 60.9 Å². The largest absolute Gasteiger partial charge is 0.424 e. The number of nitrogens with two attached hydrogens (primary N) is 1. The summed E-state index contributed by atoms with van der Waals surface area (Å²) >= 11 is 0. The predicted molar refractivity (Wildman–Crippen MR) is 124 cm³/mol. The third-order valence-corrected chi connectivity index (χ3v) is 6.22. The van der Waals surface area contributed by atoms with E-state index in [0.29, 0.717) is 17.0 Å². The molecule has 2 heterocycles. The van der Waals surface area contributed by atoms with E-state index in [0.717, 1.165) is 41.4 Å². The van der Waals surface area contributed by atoms with Crippen LogP contribution < -0.4 is 14.6 Å². The molecule has 4 aromatic rings. The Morgan fingerprint density at radius 2 is 1.85 bits per heavy atom. The summed E-state index contributed by atoms with van der Waals surface area (Å²) in [4.78, 5) is 8.22. The van der Waals surface area contributed by atoms with Crippen molar-refractivity contribution in [3.8, 4) is 29.1 Å². The number of anilines is 1. The average molecular weight is 461 g/mol. The zero-order valence-corrected chi connectivity index (χ0v) is 18.3. The lowest BCUT2D eigenvalue weighted by atomic mass is 9.92. The minimum Gasteiger partial charge on any atom is -0.424 e. The molecule has 3 N–H and O–H groups in total. The number of aromatic nitrogens is 3. The summed E-state index contributed by atoms with van der Waals surface area (Å²) in [5.41, 5.74) is 3.42. The number of ether oxygens (including phenoxy) is 1. The molecule has 0 atom stereocenters. The first-order chi connectivity index (χ1) is 15.9. The highest BCUT2D eigenvalue weighted by molar-refractivity contribution is 7.90. The Balaban J connectivity index is 1.64. The third kappa shape index (κ3) is 4.11. The van der Waals surface area contributed by atoms with Crippen LogP contribution in [0, 0.1) is 11.3 Å². The maximum absolute atomic E-state index is 11.3. The second-order valence-corrected chi connectivity index (χ2v) is 9.12. The molecule has 2 aromatic carbocycles. The summed E-state index contributed by atoms with van der Waals surface area (Å²) in [5, 5.41) is 15.9. The summed E-state index contributed by atoms with van der Waals surface area (Å²) < 4.78 is 32.9. The van der Waals surface area contributed by atoms with Crippen molar-refractivity contribution >= 4 is 26.8 Å². The highest BCUT2D eigenvalue weighted by atomic mass is 32.2. The van der Waals surface area contributed by atoms with Crippen molar-refractivity contribution in [2.75, 3.05) is 4.72 Å². The third-order valence-electron chi connectivity index (χ3n) is 5.70. The summed E-state index contributed by atoms with van der Waals surface area (Å²) in [5.74, 6) is 0.579. The van der Waals surface area contributed by atoms with E-state index in [-0.39, 0.29) is 12.1 Å². The number of hydrogen-bond donors (Lipinski definition) is 2. The second kappa shape index (κ2) is 8.20. The molecule has 1 aliphatic rings. The lowest BCUT2D eigenvalue weighted by molar-refractivity contribution is 0.324. The lowest BCUT2D eigenvalue weighted by Crippen LogP contribution is -2.21. The summed E-state index contributed by atoms with van der Waals surface area (Å²) in [6.07, 6.45) is 6.37. The number of nitriles is 1. The number of benzene rings is 2. The first-order valence-electron chi connectivity index (χ1n) is 10.4. The molecule has 166 valence electrons. The maximum atomic E-state index is 11.3. The molecule has 0 aliphatic heterocycles. The fraction of sp³-hybridized carbons (Fsp3) is 0.174. The van der Waals surface area contributed by atoms with Gasteiger partial charge in [0, 0.05) is 35.6 Å². The molecule has 0 saturated heterocycles. The van der Waals surface area contributed by atoms with Gasteiger partial charge in [-0.15, -0.1) is 0 Å². The smallest absolute Gasteiger partial charge is 0.321 e. The van der Waals surface area contributed by atoms with Crippen LogP contribution >= 0.6 is 0 Å². The first-order valence-corrected chi connectivity index (χ1v) is 11.9. The van der Waals surface area contributed by atoms with Gasteiger partial charge in [0.15, 0.2) is 0 Å². The van der Waals surface area contributed by atoms with E-state index in [4.69, 9.17) is 9.88 Å². The van der Waals surface area contributed by atoms with Crippen LogP contribution in [0.5, 0.6) is 11.8 Å². The fourth-order valence-electron chi connectivity index (χ4n) is 4.08. The van der Waals surface area contributed by atoms with Crippen LogP contribution in [0.25, 0.3) is 22.2 Å². The summed E-state index contributed by atoms with van der Waals surface area (Å²) in [6.45, 7) is 0. The zero-order valence-electron chi connectivity index (χ0n) is 17.5. The monoisotopic (exact) mass is 460 g/mol. The molecular formula is C23H20N6O3S. The Kier molecular flexibility index (Phi) is 5.20. The van der Waals surface area contributed by atoms with Gasteiger partial charge in [0.25, 0.3) is 10.2 Å². The SMILES string of the molecule is N#Cc1c(-c2ccc(NS(N)(=O)=O)cc2)n(C2CCC2)c2cc(Oc3ncccn3)ccc12. The molecule has 0 unspecified atom stereocenters. The molecule has 33 heavy (non-hydrogen) atoms. The molecule has 9 nitrogen and oxygen atoms in total. The molecule has 0 spiro atoms. The van der Waals surface area contributed by atoms with Crippen molar-refractivity contribution in [1.82, 2.24) is 14.5 Å². The highest BCUT2D eigenvalue weighted by Crippen LogP contribution is 2.43. The molecule has 5 rings (SSSR count). The van der Waals surface area contributed by atoms with Crippen molar-refractivity contribution in [2.45, 2.75) is 25.3 Å². The summed E-state index contributed by atoms with van der Waals surface area (Å²) in [6, 6.07) is 17.0. The van der Waals surface area contributed by atoms with Gasteiger partial charge < -0.3 is 9.30 Å². The van der Waals surface area contributed by atoms with Gasteiger partial charge in [-0.1, -0.05) is 12.1 Å². The van der Waals surface area contributed by atoms with Crippen molar-refractivity contribution in [3.05, 3.63) is 66.5 Å². The van der Waals surface area contributed by atoms with Crippen molar-refractivity contribution in [1.29, 1.82) is 5.26 Å². The van der Waals surface area contributed by atoms with Crippen molar-refractivity contribution in [3.63, 3.8) is 0 Å². The quantitative estimate of drug-likeness (QED) is 0.444. The van der Waals surface area contributed by atoms with Crippen LogP contribution in [0.4, 0.5) is 5.69 Å². The Hall–Kier alpha value is -3.94. The molecular weight excluding hydrogens is 440 g/mol. The van der Waals surface area contributed by atoms with E-state index in [1.807, 2.05) is 12.1 Å². The molecule has 1 saturated carbocycles. The van der Waals surface area contributed by atoms with E-state index in [2.05, 4.69) is 25.3 Å². The standard InChI is InChI=1S/C23H20N6O3S/c24-14-20-19-10-9-18(32-23-26-11-2-12-27-23)13-21(19)29(17-3-1-4-17)22(20)15-5-7-16(8-6-15)28-33(25,30)31/h2,5-13,17,28H,1,3-4H2,(H2,25,30,31). The lowest BCUT2D eigenvalue weighted by Gasteiger charge is -2.30. The van der Waals surface area contributed by atoms with Gasteiger partial charge in [-0.25, -0.2) is 15.1 Å². The van der Waals surface area contributed by atoms with Crippen LogP contribution in [0.1, 0.15) is 30.9 Å². The predicted octanol–water partition coefficient (Wildman–Crippen LogP) is 4.10. The van der Waals surface area contributed by atoms with Gasteiger partial charge in [-0.3, -0.25) is 4.72 Å². The average Bonchev–Trinajstić information content (AvgIpc) is 3.06. The molecule has 2 aromatic heterocycles. The van der Waals surface area contributed by atoms with Crippen LogP contribution in [0.2, 0.25) is 0 Å². The molecule has 0 amide bonds. The summed E-state index contributed by atoms with van der Waals surface area (Å²) in [7, 11) is -3.87. The Labute approximate surface area is 190 Å². The van der Waals surface area contributed by atoms with Crippen LogP contribution in [-0.4, -0.2) is 23.0 Å². The number of nitrogens with one attached hydrogen (secondary N) is 1. The normalized spacial score (nSPS) is 13.9. The Morgan fingerprint density at radius 1 is 1.12 bits per heavy atom. The number of hydrogen-bond acceptors (Lipinski definition) is 6. The van der Waals surface area contributed by atoms with Crippen molar-refractivity contribution < 1.29 is 13.2 Å². The number of rotatable bonds is 6. The highest BCUT2D eigenvalue weighted by Gasteiger charge is 2.28. The van der Waals surface area contributed by atoms with E-state index >= 15 is 0 Å². The molecule has 10 heteroatoms. The molecule has 1 aliphatic carbocycles. The topological polar surface area (TPSA) is 136 Å². The van der Waals surface area contributed by atoms with E-state index in [9.17, 15) is 13.7 Å². The van der Waals surface area contributed by atoms with Gasteiger partial charge in [-0.2, -0.15) is 13.7 Å². The second-order valence-electron chi connectivity index (χ2n) is 7.83. The molecule has 0 bridgehead atoms. The van der Waals surface area contributed by atoms with Crippen LogP contribution in [-0.2, 0) is 10.2 Å². The number of fused-ring (bicyclic) bond motifs is 1. The van der Waals surface area contributed by atoms with Gasteiger partial charge >= 0.3 is 6.01 Å². The maximum Gasteiger partial charge on any atom is 0.321 e.